The molecule has 1 fully saturated rings. The lowest BCUT2D eigenvalue weighted by molar-refractivity contribution is 0.705. The Morgan fingerprint density at radius 2 is 2.57 bits per heavy atom. The van der Waals surface area contributed by atoms with Crippen LogP contribution in [-0.2, 0) is 0 Å². The van der Waals surface area contributed by atoms with Gasteiger partial charge in [0.25, 0.3) is 0 Å². The monoisotopic (exact) mass is 101 g/mol. The van der Waals surface area contributed by atoms with Crippen LogP contribution < -0.4 is 5.32 Å². The van der Waals surface area contributed by atoms with Crippen molar-refractivity contribution in [3.05, 3.63) is 11.9 Å². The Bertz CT molecular complexity index is 80.1. The van der Waals surface area contributed by atoms with Gasteiger partial charge in [-0.05, 0) is 18.5 Å². The van der Waals surface area contributed by atoms with E-state index in [1.54, 1.807) is 0 Å². The standard InChI is InChI=1S/C5H8FN/c6-3-5-1-2-7-4-5/h3,7H,1-2,4H2/b5-3-. The Labute approximate surface area is 42.2 Å². The molecule has 0 saturated carbocycles. The van der Waals surface area contributed by atoms with Crippen molar-refractivity contribution < 1.29 is 4.39 Å². The minimum atomic E-state index is 0.694. The van der Waals surface area contributed by atoms with Crippen molar-refractivity contribution in [2.75, 3.05) is 13.1 Å². The summed E-state index contributed by atoms with van der Waals surface area (Å²) in [5.74, 6) is 0. The Balaban J connectivity index is 2.41. The van der Waals surface area contributed by atoms with E-state index in [2.05, 4.69) is 5.32 Å². The molecule has 0 radical (unpaired) electrons. The molecular weight excluding hydrogens is 93.1 g/mol. The van der Waals surface area contributed by atoms with Gasteiger partial charge in [-0.2, -0.15) is 0 Å². The molecule has 1 N–H and O–H groups in total. The van der Waals surface area contributed by atoms with Crippen LogP contribution in [0.3, 0.4) is 0 Å². The zero-order valence-corrected chi connectivity index (χ0v) is 4.08. The number of hydrogen-bond donors (Lipinski definition) is 1. The fraction of sp³-hybridized carbons (Fsp3) is 0.600. The third-order valence-electron chi connectivity index (χ3n) is 1.13. The first-order valence-electron chi connectivity index (χ1n) is 2.42. The molecule has 7 heavy (non-hydrogen) atoms. The summed E-state index contributed by atoms with van der Waals surface area (Å²) < 4.78 is 11.5. The lowest BCUT2D eigenvalue weighted by atomic mass is 10.3. The summed E-state index contributed by atoms with van der Waals surface area (Å²) in [6, 6.07) is 0. The molecule has 1 heterocycles. The van der Waals surface area contributed by atoms with E-state index in [1.807, 2.05) is 0 Å². The van der Waals surface area contributed by atoms with Gasteiger partial charge >= 0.3 is 0 Å². The van der Waals surface area contributed by atoms with Crippen molar-refractivity contribution in [3.63, 3.8) is 0 Å². The zero-order valence-electron chi connectivity index (χ0n) is 4.08. The third kappa shape index (κ3) is 0.996. The highest BCUT2D eigenvalue weighted by molar-refractivity contribution is 5.04. The first-order chi connectivity index (χ1) is 3.43. The van der Waals surface area contributed by atoms with Crippen LogP contribution in [0.25, 0.3) is 0 Å². The first-order valence-corrected chi connectivity index (χ1v) is 2.42. The van der Waals surface area contributed by atoms with Crippen LogP contribution in [0.4, 0.5) is 4.39 Å². The van der Waals surface area contributed by atoms with Crippen LogP contribution in [0.5, 0.6) is 0 Å². The highest BCUT2D eigenvalue weighted by Gasteiger charge is 2.03. The minimum absolute atomic E-state index is 0.694. The van der Waals surface area contributed by atoms with E-state index < -0.39 is 0 Å². The molecule has 0 aromatic heterocycles. The molecule has 0 bridgehead atoms. The molecule has 0 spiro atoms. The van der Waals surface area contributed by atoms with Gasteiger partial charge in [-0.25, -0.2) is 4.39 Å². The maximum Gasteiger partial charge on any atom is 0.0872 e. The van der Waals surface area contributed by atoms with E-state index in [-0.39, 0.29) is 0 Å². The molecule has 0 unspecified atom stereocenters. The summed E-state index contributed by atoms with van der Waals surface area (Å²) in [7, 11) is 0. The second-order valence-corrected chi connectivity index (χ2v) is 1.69. The molecule has 1 nitrogen and oxygen atoms in total. The number of hydrogen-bond acceptors (Lipinski definition) is 1. The fourth-order valence-electron chi connectivity index (χ4n) is 0.679. The molecule has 2 heteroatoms. The van der Waals surface area contributed by atoms with Crippen LogP contribution in [0.2, 0.25) is 0 Å². The van der Waals surface area contributed by atoms with Gasteiger partial charge in [-0.15, -0.1) is 0 Å². The zero-order chi connectivity index (χ0) is 5.11. The maximum absolute atomic E-state index is 11.5. The smallest absolute Gasteiger partial charge is 0.0872 e. The van der Waals surface area contributed by atoms with Crippen molar-refractivity contribution in [1.82, 2.24) is 5.32 Å². The maximum atomic E-state index is 11.5. The lowest BCUT2D eigenvalue weighted by Crippen LogP contribution is -2.04. The molecule has 1 rings (SSSR count). The van der Waals surface area contributed by atoms with Crippen LogP contribution in [0, 0.1) is 0 Å². The van der Waals surface area contributed by atoms with Gasteiger partial charge in [0.05, 0.1) is 6.33 Å². The summed E-state index contributed by atoms with van der Waals surface area (Å²) in [6.07, 6.45) is 1.58. The molecule has 1 aliphatic heterocycles. The summed E-state index contributed by atoms with van der Waals surface area (Å²) in [4.78, 5) is 0. The SMILES string of the molecule is F/C=C1/CCNC1. The van der Waals surface area contributed by atoms with Gasteiger partial charge in [-0.1, -0.05) is 0 Å². The van der Waals surface area contributed by atoms with E-state index in [0.29, 0.717) is 6.33 Å². The van der Waals surface area contributed by atoms with E-state index in [4.69, 9.17) is 0 Å². The predicted molar refractivity (Wildman–Crippen MR) is 26.7 cm³/mol. The molecule has 0 aliphatic carbocycles. The quantitative estimate of drug-likeness (QED) is 0.476. The van der Waals surface area contributed by atoms with Crippen molar-refractivity contribution in [3.8, 4) is 0 Å². The van der Waals surface area contributed by atoms with Crippen LogP contribution in [-0.4, -0.2) is 13.1 Å². The second kappa shape index (κ2) is 2.07. The molecule has 0 aromatic rings. The highest BCUT2D eigenvalue weighted by Crippen LogP contribution is 2.03. The van der Waals surface area contributed by atoms with Crippen molar-refractivity contribution in [1.29, 1.82) is 0 Å². The molecule has 0 amide bonds. The Kier molecular flexibility index (Phi) is 1.42. The van der Waals surface area contributed by atoms with E-state index in [1.165, 1.54) is 0 Å². The highest BCUT2D eigenvalue weighted by atomic mass is 19.1. The molecular formula is C5H8FN. The third-order valence-corrected chi connectivity index (χ3v) is 1.13. The van der Waals surface area contributed by atoms with Gasteiger partial charge < -0.3 is 5.32 Å². The van der Waals surface area contributed by atoms with Crippen LogP contribution in [0.15, 0.2) is 11.9 Å². The number of halogens is 1. The Hall–Kier alpha value is -0.370. The Morgan fingerprint density at radius 3 is 2.86 bits per heavy atom. The van der Waals surface area contributed by atoms with E-state index in [0.717, 1.165) is 25.1 Å². The van der Waals surface area contributed by atoms with Gasteiger partial charge in [-0.3, -0.25) is 0 Å². The summed E-state index contributed by atoms with van der Waals surface area (Å²) >= 11 is 0. The van der Waals surface area contributed by atoms with E-state index in [9.17, 15) is 4.39 Å². The molecule has 0 atom stereocenters. The molecule has 40 valence electrons. The summed E-state index contributed by atoms with van der Waals surface area (Å²) in [5, 5.41) is 3.01. The molecule has 1 saturated heterocycles. The predicted octanol–water partition coefficient (Wildman–Crippen LogP) is 0.833. The van der Waals surface area contributed by atoms with Crippen molar-refractivity contribution >= 4 is 0 Å². The average molecular weight is 101 g/mol. The van der Waals surface area contributed by atoms with Crippen molar-refractivity contribution in [2.24, 2.45) is 0 Å². The topological polar surface area (TPSA) is 12.0 Å². The van der Waals surface area contributed by atoms with E-state index >= 15 is 0 Å². The van der Waals surface area contributed by atoms with Crippen molar-refractivity contribution in [2.45, 2.75) is 6.42 Å². The fourth-order valence-corrected chi connectivity index (χ4v) is 0.679. The Morgan fingerprint density at radius 1 is 1.71 bits per heavy atom. The average Bonchev–Trinajstić information content (AvgIpc) is 2.14. The van der Waals surface area contributed by atoms with Crippen LogP contribution in [0.1, 0.15) is 6.42 Å². The summed E-state index contributed by atoms with van der Waals surface area (Å²) in [5.41, 5.74) is 0.889. The molecule has 1 aliphatic rings. The normalized spacial score (nSPS) is 26.7. The van der Waals surface area contributed by atoms with Crippen LogP contribution >= 0.6 is 0 Å². The van der Waals surface area contributed by atoms with Gasteiger partial charge in [0.1, 0.15) is 0 Å². The lowest BCUT2D eigenvalue weighted by Gasteiger charge is -1.82. The number of nitrogens with one attached hydrogen (secondary N) is 1. The molecule has 0 aromatic carbocycles. The second-order valence-electron chi connectivity index (χ2n) is 1.69. The van der Waals surface area contributed by atoms with Gasteiger partial charge in [0, 0.05) is 6.54 Å². The summed E-state index contributed by atoms with van der Waals surface area (Å²) in [6.45, 7) is 1.69. The number of rotatable bonds is 0. The van der Waals surface area contributed by atoms with Gasteiger partial charge in [0.2, 0.25) is 0 Å². The first kappa shape index (κ1) is 4.78. The minimum Gasteiger partial charge on any atom is -0.313 e. The van der Waals surface area contributed by atoms with Gasteiger partial charge in [0.15, 0.2) is 0 Å². The largest absolute Gasteiger partial charge is 0.313 e.